The number of amides is 1. The summed E-state index contributed by atoms with van der Waals surface area (Å²) < 4.78 is 0. The summed E-state index contributed by atoms with van der Waals surface area (Å²) in [5, 5.41) is 0.128. The molecule has 6 heteroatoms. The second kappa shape index (κ2) is 9.75. The lowest BCUT2D eigenvalue weighted by Crippen LogP contribution is -2.37. The SMILES string of the molecule is CC(SCC(=O)N(CCN(C)C)Cc1ccccc1)c1nc2ccccc2[nH]1. The first-order chi connectivity index (χ1) is 13.5. The number of rotatable bonds is 9. The van der Waals surface area contributed by atoms with Gasteiger partial charge in [0.25, 0.3) is 0 Å². The van der Waals surface area contributed by atoms with E-state index >= 15 is 0 Å². The number of nitrogens with zero attached hydrogens (tertiary/aromatic N) is 3. The van der Waals surface area contributed by atoms with Crippen molar-refractivity contribution in [3.63, 3.8) is 0 Å². The van der Waals surface area contributed by atoms with E-state index in [0.29, 0.717) is 12.3 Å². The van der Waals surface area contributed by atoms with Crippen molar-refractivity contribution in [1.82, 2.24) is 19.8 Å². The number of likely N-dealkylation sites (N-methyl/N-ethyl adjacent to an activating group) is 1. The number of nitrogens with one attached hydrogen (secondary N) is 1. The van der Waals surface area contributed by atoms with Crippen LogP contribution in [0.2, 0.25) is 0 Å². The van der Waals surface area contributed by atoms with E-state index in [2.05, 4.69) is 33.9 Å². The molecule has 0 aliphatic rings. The fourth-order valence-electron chi connectivity index (χ4n) is 2.95. The summed E-state index contributed by atoms with van der Waals surface area (Å²) in [6, 6.07) is 18.2. The molecule has 1 N–H and O–H groups in total. The van der Waals surface area contributed by atoms with Gasteiger partial charge < -0.3 is 14.8 Å². The molecule has 0 saturated heterocycles. The fraction of sp³-hybridized carbons (Fsp3) is 0.364. The van der Waals surface area contributed by atoms with E-state index in [1.165, 1.54) is 0 Å². The summed E-state index contributed by atoms with van der Waals surface area (Å²) in [6.07, 6.45) is 0. The number of carbonyl (C=O) groups excluding carboxylic acids is 1. The molecule has 2 aromatic carbocycles. The Morgan fingerprint density at radius 2 is 1.79 bits per heavy atom. The first-order valence-electron chi connectivity index (χ1n) is 9.55. The van der Waals surface area contributed by atoms with Crippen molar-refractivity contribution in [2.75, 3.05) is 32.9 Å². The zero-order chi connectivity index (χ0) is 19.9. The Labute approximate surface area is 171 Å². The molecule has 0 spiro atoms. The number of para-hydroxylation sites is 2. The maximum Gasteiger partial charge on any atom is 0.232 e. The van der Waals surface area contributed by atoms with Crippen molar-refractivity contribution < 1.29 is 4.79 Å². The Kier molecular flexibility index (Phi) is 7.12. The van der Waals surface area contributed by atoms with E-state index in [-0.39, 0.29) is 11.2 Å². The van der Waals surface area contributed by atoms with Crippen molar-refractivity contribution >= 4 is 28.7 Å². The minimum atomic E-state index is 0.128. The Morgan fingerprint density at radius 3 is 2.50 bits per heavy atom. The molecule has 1 unspecified atom stereocenters. The number of carbonyl (C=O) groups is 1. The number of hydrogen-bond acceptors (Lipinski definition) is 4. The van der Waals surface area contributed by atoms with E-state index in [9.17, 15) is 4.79 Å². The van der Waals surface area contributed by atoms with E-state index in [4.69, 9.17) is 0 Å². The van der Waals surface area contributed by atoms with Gasteiger partial charge in [-0.3, -0.25) is 4.79 Å². The maximum absolute atomic E-state index is 12.9. The topological polar surface area (TPSA) is 52.2 Å². The molecule has 0 fully saturated rings. The monoisotopic (exact) mass is 396 g/mol. The van der Waals surface area contributed by atoms with E-state index in [1.807, 2.05) is 61.5 Å². The second-order valence-electron chi connectivity index (χ2n) is 7.20. The molecule has 1 aromatic heterocycles. The van der Waals surface area contributed by atoms with E-state index in [0.717, 1.165) is 35.5 Å². The van der Waals surface area contributed by atoms with Gasteiger partial charge in [-0.25, -0.2) is 4.98 Å². The lowest BCUT2D eigenvalue weighted by Gasteiger charge is -2.25. The molecule has 0 saturated carbocycles. The lowest BCUT2D eigenvalue weighted by atomic mass is 10.2. The van der Waals surface area contributed by atoms with Crippen LogP contribution in [0.4, 0.5) is 0 Å². The smallest absolute Gasteiger partial charge is 0.232 e. The van der Waals surface area contributed by atoms with Crippen molar-refractivity contribution in [3.05, 3.63) is 66.0 Å². The molecular formula is C22H28N4OS. The Bertz CT molecular complexity index is 861. The first-order valence-corrected chi connectivity index (χ1v) is 10.6. The summed E-state index contributed by atoms with van der Waals surface area (Å²) in [5.74, 6) is 1.53. The van der Waals surface area contributed by atoms with Gasteiger partial charge in [0.15, 0.2) is 0 Å². The average Bonchev–Trinajstić information content (AvgIpc) is 3.14. The van der Waals surface area contributed by atoms with Crippen LogP contribution in [0.25, 0.3) is 11.0 Å². The molecule has 1 amide bonds. The number of aromatic nitrogens is 2. The van der Waals surface area contributed by atoms with Crippen LogP contribution in [0.3, 0.4) is 0 Å². The molecule has 1 atom stereocenters. The molecule has 0 aliphatic carbocycles. The third-order valence-electron chi connectivity index (χ3n) is 4.64. The van der Waals surface area contributed by atoms with Crippen molar-refractivity contribution in [1.29, 1.82) is 0 Å². The molecule has 0 bridgehead atoms. The molecule has 0 radical (unpaired) electrons. The summed E-state index contributed by atoms with van der Waals surface area (Å²) in [4.78, 5) is 25.0. The quantitative estimate of drug-likeness (QED) is 0.595. The minimum absolute atomic E-state index is 0.128. The number of hydrogen-bond donors (Lipinski definition) is 1. The third-order valence-corrected chi connectivity index (χ3v) is 5.77. The fourth-order valence-corrected chi connectivity index (χ4v) is 3.79. The van der Waals surface area contributed by atoms with Crippen LogP contribution in [0.15, 0.2) is 54.6 Å². The number of aromatic amines is 1. The maximum atomic E-state index is 12.9. The average molecular weight is 397 g/mol. The van der Waals surface area contributed by atoms with Crippen LogP contribution in [-0.4, -0.2) is 58.6 Å². The highest BCUT2D eigenvalue weighted by molar-refractivity contribution is 8.00. The highest BCUT2D eigenvalue weighted by Gasteiger charge is 2.18. The minimum Gasteiger partial charge on any atom is -0.341 e. The van der Waals surface area contributed by atoms with Gasteiger partial charge >= 0.3 is 0 Å². The van der Waals surface area contributed by atoms with Crippen LogP contribution in [0, 0.1) is 0 Å². The van der Waals surface area contributed by atoms with Crippen LogP contribution < -0.4 is 0 Å². The largest absolute Gasteiger partial charge is 0.341 e. The number of imidazole rings is 1. The van der Waals surface area contributed by atoms with Crippen LogP contribution >= 0.6 is 11.8 Å². The zero-order valence-corrected chi connectivity index (χ0v) is 17.6. The van der Waals surface area contributed by atoms with E-state index in [1.54, 1.807) is 11.8 Å². The highest BCUT2D eigenvalue weighted by Crippen LogP contribution is 2.28. The molecule has 1 heterocycles. The van der Waals surface area contributed by atoms with Gasteiger partial charge in [0.05, 0.1) is 22.0 Å². The van der Waals surface area contributed by atoms with Crippen molar-refractivity contribution in [2.45, 2.75) is 18.7 Å². The van der Waals surface area contributed by atoms with Crippen LogP contribution in [0.5, 0.6) is 0 Å². The summed E-state index contributed by atoms with van der Waals surface area (Å²) >= 11 is 1.63. The number of benzene rings is 2. The Hall–Kier alpha value is -2.31. The predicted octanol–water partition coefficient (Wildman–Crippen LogP) is 3.95. The van der Waals surface area contributed by atoms with Gasteiger partial charge in [0.2, 0.25) is 5.91 Å². The zero-order valence-electron chi connectivity index (χ0n) is 16.8. The predicted molar refractivity (Wildman–Crippen MR) is 117 cm³/mol. The molecule has 3 aromatic rings. The third kappa shape index (κ3) is 5.59. The molecule has 28 heavy (non-hydrogen) atoms. The van der Waals surface area contributed by atoms with Crippen LogP contribution in [0.1, 0.15) is 23.6 Å². The van der Waals surface area contributed by atoms with Gasteiger partial charge in [-0.1, -0.05) is 42.5 Å². The lowest BCUT2D eigenvalue weighted by molar-refractivity contribution is -0.129. The standard InChI is InChI=1S/C22H28N4OS/c1-17(22-23-19-11-7-8-12-20(19)24-22)28-16-21(27)26(14-13-25(2)3)15-18-9-5-4-6-10-18/h4-12,17H,13-16H2,1-3H3,(H,23,24). The van der Waals surface area contributed by atoms with Gasteiger partial charge in [-0.15, -0.1) is 11.8 Å². The van der Waals surface area contributed by atoms with E-state index < -0.39 is 0 Å². The summed E-state index contributed by atoms with van der Waals surface area (Å²) in [5.41, 5.74) is 3.16. The van der Waals surface area contributed by atoms with Crippen LogP contribution in [-0.2, 0) is 11.3 Å². The summed E-state index contributed by atoms with van der Waals surface area (Å²) in [7, 11) is 4.06. The second-order valence-corrected chi connectivity index (χ2v) is 8.53. The normalized spacial score (nSPS) is 12.4. The molecule has 3 rings (SSSR count). The highest BCUT2D eigenvalue weighted by atomic mass is 32.2. The van der Waals surface area contributed by atoms with Gasteiger partial charge in [-0.2, -0.15) is 0 Å². The molecule has 0 aliphatic heterocycles. The summed E-state index contributed by atoms with van der Waals surface area (Å²) in [6.45, 7) is 4.31. The van der Waals surface area contributed by atoms with Gasteiger partial charge in [0.1, 0.15) is 5.82 Å². The Balaban J connectivity index is 1.61. The van der Waals surface area contributed by atoms with Gasteiger partial charge in [-0.05, 0) is 38.7 Å². The molecular weight excluding hydrogens is 368 g/mol. The first kappa shape index (κ1) is 20.4. The number of fused-ring (bicyclic) bond motifs is 1. The number of thioether (sulfide) groups is 1. The van der Waals surface area contributed by atoms with Crippen molar-refractivity contribution in [2.24, 2.45) is 0 Å². The number of H-pyrrole nitrogens is 1. The molecule has 5 nitrogen and oxygen atoms in total. The molecule has 148 valence electrons. The Morgan fingerprint density at radius 1 is 1.07 bits per heavy atom. The van der Waals surface area contributed by atoms with Gasteiger partial charge in [0, 0.05) is 19.6 Å². The van der Waals surface area contributed by atoms with Crippen molar-refractivity contribution in [3.8, 4) is 0 Å².